The first-order valence-electron chi connectivity index (χ1n) is 11.3. The molecule has 0 aromatic heterocycles. The third-order valence-corrected chi connectivity index (χ3v) is 5.51. The molecule has 170 valence electrons. The van der Waals surface area contributed by atoms with E-state index in [9.17, 15) is 4.79 Å². The number of fused-ring (bicyclic) bond motifs is 1. The van der Waals surface area contributed by atoms with Gasteiger partial charge in [-0.3, -0.25) is 4.79 Å². The highest BCUT2D eigenvalue weighted by Crippen LogP contribution is 2.33. The Morgan fingerprint density at radius 2 is 1.94 bits per heavy atom. The molecule has 0 spiro atoms. The van der Waals surface area contributed by atoms with Gasteiger partial charge in [0.1, 0.15) is 0 Å². The predicted molar refractivity (Wildman–Crippen MR) is 129 cm³/mol. The highest BCUT2D eigenvalue weighted by atomic mass is 16.7. The lowest BCUT2D eigenvalue weighted by Gasteiger charge is -2.32. The van der Waals surface area contributed by atoms with Crippen LogP contribution in [-0.2, 0) is 11.3 Å². The molecule has 2 aliphatic rings. The van der Waals surface area contributed by atoms with Crippen molar-refractivity contribution < 1.29 is 14.3 Å². The van der Waals surface area contributed by atoms with Crippen molar-refractivity contribution in [2.75, 3.05) is 6.79 Å². The van der Waals surface area contributed by atoms with Crippen molar-refractivity contribution in [1.82, 2.24) is 4.90 Å². The molecular weight excluding hydrogens is 414 g/mol. The fourth-order valence-corrected chi connectivity index (χ4v) is 3.54. The van der Waals surface area contributed by atoms with E-state index in [0.29, 0.717) is 18.2 Å². The molecular formula is C27H29N3O3. The van der Waals surface area contributed by atoms with Crippen LogP contribution in [0.3, 0.4) is 0 Å². The van der Waals surface area contributed by atoms with Gasteiger partial charge in [-0.15, -0.1) is 0 Å². The van der Waals surface area contributed by atoms with E-state index in [1.807, 2.05) is 53.4 Å². The number of hydrogen-bond acceptors (Lipinski definition) is 3. The fourth-order valence-electron chi connectivity index (χ4n) is 3.54. The number of amides is 1. The molecule has 1 unspecified atom stereocenters. The van der Waals surface area contributed by atoms with E-state index >= 15 is 0 Å². The molecule has 2 N–H and O–H groups in total. The molecule has 1 saturated carbocycles. The van der Waals surface area contributed by atoms with Gasteiger partial charge in [0.25, 0.3) is 5.91 Å². The molecule has 1 amide bonds. The minimum Gasteiger partial charge on any atom is -0.454 e. The summed E-state index contributed by atoms with van der Waals surface area (Å²) in [4.78, 5) is 18.6. The van der Waals surface area contributed by atoms with Crippen LogP contribution in [0, 0.1) is 23.7 Å². The molecule has 4 rings (SSSR count). The van der Waals surface area contributed by atoms with Crippen LogP contribution in [0.5, 0.6) is 11.5 Å². The van der Waals surface area contributed by atoms with Gasteiger partial charge in [-0.25, -0.2) is 0 Å². The molecule has 6 nitrogen and oxygen atoms in total. The smallest absolute Gasteiger partial charge is 0.272 e. The summed E-state index contributed by atoms with van der Waals surface area (Å²) in [6, 6.07) is 15.2. The highest BCUT2D eigenvalue weighted by molar-refractivity contribution is 6.00. The molecule has 1 aliphatic carbocycles. The van der Waals surface area contributed by atoms with Crippen molar-refractivity contribution in [2.45, 2.75) is 39.3 Å². The Morgan fingerprint density at radius 3 is 2.67 bits per heavy atom. The number of guanidine groups is 1. The minimum absolute atomic E-state index is 0.152. The number of carbonyl (C=O) groups excluding carboxylic acids is 1. The molecule has 2 aromatic carbocycles. The lowest BCUT2D eigenvalue weighted by atomic mass is 10.0. The number of rotatable bonds is 6. The zero-order chi connectivity index (χ0) is 23.2. The van der Waals surface area contributed by atoms with Gasteiger partial charge in [0, 0.05) is 18.5 Å². The lowest BCUT2D eigenvalue weighted by molar-refractivity contribution is -0.113. The average molecular weight is 444 g/mol. The molecule has 1 aliphatic heterocycles. The van der Waals surface area contributed by atoms with E-state index in [1.54, 1.807) is 6.08 Å². The first-order valence-corrected chi connectivity index (χ1v) is 11.3. The van der Waals surface area contributed by atoms with E-state index in [2.05, 4.69) is 30.7 Å². The molecule has 0 saturated heterocycles. The van der Waals surface area contributed by atoms with Crippen molar-refractivity contribution in [3.8, 4) is 23.3 Å². The summed E-state index contributed by atoms with van der Waals surface area (Å²) >= 11 is 0. The second kappa shape index (κ2) is 10.3. The predicted octanol–water partition coefficient (Wildman–Crippen LogP) is 4.21. The summed E-state index contributed by atoms with van der Waals surface area (Å²) in [5.74, 6) is 8.57. The third kappa shape index (κ3) is 6.17. The molecule has 0 bridgehead atoms. The van der Waals surface area contributed by atoms with Crippen molar-refractivity contribution in [3.05, 3.63) is 65.7 Å². The second-order valence-electron chi connectivity index (χ2n) is 8.62. The average Bonchev–Trinajstić information content (AvgIpc) is 3.52. The SMILES string of the molecule is CC(C)C(C#CC1CC1)N(Cc1ccc2c(c1)OCO2)C(N)=NC(=O)/C=C/c1ccccc1. The Morgan fingerprint density at radius 1 is 1.18 bits per heavy atom. The number of hydrogen-bond donors (Lipinski definition) is 1. The third-order valence-electron chi connectivity index (χ3n) is 5.51. The zero-order valence-electron chi connectivity index (χ0n) is 19.0. The number of carbonyl (C=O) groups is 1. The fraction of sp³-hybridized carbons (Fsp3) is 0.333. The van der Waals surface area contributed by atoms with E-state index in [-0.39, 0.29) is 24.7 Å². The molecule has 0 radical (unpaired) electrons. The Hall–Kier alpha value is -3.72. The van der Waals surface area contributed by atoms with Crippen LogP contribution in [0.2, 0.25) is 0 Å². The van der Waals surface area contributed by atoms with Crippen LogP contribution in [0.1, 0.15) is 37.8 Å². The van der Waals surface area contributed by atoms with Crippen LogP contribution in [0.15, 0.2) is 59.6 Å². The summed E-state index contributed by atoms with van der Waals surface area (Å²) in [5, 5.41) is 0. The van der Waals surface area contributed by atoms with Crippen molar-refractivity contribution in [2.24, 2.45) is 22.6 Å². The van der Waals surface area contributed by atoms with Gasteiger partial charge in [0.2, 0.25) is 12.8 Å². The van der Waals surface area contributed by atoms with Crippen LogP contribution in [-0.4, -0.2) is 29.6 Å². The van der Waals surface area contributed by atoms with Gasteiger partial charge >= 0.3 is 0 Å². The van der Waals surface area contributed by atoms with E-state index in [0.717, 1.165) is 29.7 Å². The van der Waals surface area contributed by atoms with Crippen LogP contribution in [0.4, 0.5) is 0 Å². The number of nitrogens with zero attached hydrogens (tertiary/aromatic N) is 2. The first kappa shape index (κ1) is 22.5. The molecule has 1 atom stereocenters. The summed E-state index contributed by atoms with van der Waals surface area (Å²) in [6.45, 7) is 4.87. The van der Waals surface area contributed by atoms with E-state index < -0.39 is 5.91 Å². The quantitative estimate of drug-likeness (QED) is 0.313. The topological polar surface area (TPSA) is 77.2 Å². The van der Waals surface area contributed by atoms with Gasteiger partial charge in [-0.2, -0.15) is 4.99 Å². The summed E-state index contributed by atoms with van der Waals surface area (Å²) in [7, 11) is 0. The van der Waals surface area contributed by atoms with Crippen molar-refractivity contribution in [1.29, 1.82) is 0 Å². The lowest BCUT2D eigenvalue weighted by Crippen LogP contribution is -2.46. The summed E-state index contributed by atoms with van der Waals surface area (Å²) in [5.41, 5.74) is 8.31. The monoisotopic (exact) mass is 443 g/mol. The maximum absolute atomic E-state index is 12.6. The highest BCUT2D eigenvalue weighted by Gasteiger charge is 2.25. The molecule has 1 fully saturated rings. The van der Waals surface area contributed by atoms with Crippen LogP contribution >= 0.6 is 0 Å². The second-order valence-corrected chi connectivity index (χ2v) is 8.62. The van der Waals surface area contributed by atoms with Crippen molar-refractivity contribution >= 4 is 17.9 Å². The minimum atomic E-state index is -0.412. The van der Waals surface area contributed by atoms with Crippen LogP contribution in [0.25, 0.3) is 6.08 Å². The van der Waals surface area contributed by atoms with Crippen molar-refractivity contribution in [3.63, 3.8) is 0 Å². The molecule has 2 aromatic rings. The summed E-state index contributed by atoms with van der Waals surface area (Å²) in [6.07, 6.45) is 5.45. The Bertz CT molecular complexity index is 1110. The maximum atomic E-state index is 12.6. The number of ether oxygens (including phenoxy) is 2. The van der Waals surface area contributed by atoms with Gasteiger partial charge in [-0.05, 0) is 48.1 Å². The molecule has 1 heterocycles. The van der Waals surface area contributed by atoms with Crippen LogP contribution < -0.4 is 15.2 Å². The van der Waals surface area contributed by atoms with Gasteiger partial charge in [0.05, 0.1) is 6.04 Å². The van der Waals surface area contributed by atoms with Gasteiger partial charge in [-0.1, -0.05) is 62.1 Å². The Labute approximate surface area is 195 Å². The summed E-state index contributed by atoms with van der Waals surface area (Å²) < 4.78 is 10.9. The normalized spacial score (nSPS) is 15.9. The molecule has 33 heavy (non-hydrogen) atoms. The Kier molecular flexibility index (Phi) is 6.99. The number of aliphatic imine (C=N–C) groups is 1. The van der Waals surface area contributed by atoms with E-state index in [4.69, 9.17) is 15.2 Å². The zero-order valence-corrected chi connectivity index (χ0v) is 19.0. The standard InChI is InChI=1S/C27H29N3O3/c1-19(2)23(13-10-21-8-9-21)30(17-22-11-14-24-25(16-22)33-18-32-24)27(28)29-26(31)15-12-20-6-4-3-5-7-20/h3-7,11-12,14-16,19,21,23H,8-9,17-18H2,1-2H3,(H2,28,29,31)/b15-12+. The largest absolute Gasteiger partial charge is 0.454 e. The first-order chi connectivity index (χ1) is 16.0. The Balaban J connectivity index is 1.59. The van der Waals surface area contributed by atoms with Gasteiger partial charge < -0.3 is 20.1 Å². The number of nitrogens with two attached hydrogens (primary N) is 1. The van der Waals surface area contributed by atoms with E-state index in [1.165, 1.54) is 6.08 Å². The molecule has 6 heteroatoms. The van der Waals surface area contributed by atoms with Gasteiger partial charge in [0.15, 0.2) is 11.5 Å². The number of benzene rings is 2. The maximum Gasteiger partial charge on any atom is 0.272 e.